The fraction of sp³-hybridized carbons (Fsp3) is 0.440. The standard InChI is InChI=1S/C25H30O10/c1-16(2)22(26)32-14-30-13-31-20-9-5-19(6-10-20)25(29)35-21-11-7-18(8-12-21)24(28)34-15-33-23(27)17(3)4/h5-6,9-10,18,21H,1,3,7-8,11-15H2,2,4H3. The molecule has 1 aromatic rings. The van der Waals surface area contributed by atoms with Gasteiger partial charge in [-0.05, 0) is 63.8 Å². The van der Waals surface area contributed by atoms with Gasteiger partial charge in [0, 0.05) is 11.1 Å². The second-order valence-electron chi connectivity index (χ2n) is 7.99. The highest BCUT2D eigenvalue weighted by Gasteiger charge is 2.29. The molecule has 1 aromatic carbocycles. The molecule has 0 spiro atoms. The van der Waals surface area contributed by atoms with E-state index >= 15 is 0 Å². The van der Waals surface area contributed by atoms with Gasteiger partial charge in [-0.15, -0.1) is 0 Å². The molecule has 0 aromatic heterocycles. The van der Waals surface area contributed by atoms with Gasteiger partial charge in [0.2, 0.25) is 6.79 Å². The summed E-state index contributed by atoms with van der Waals surface area (Å²) in [5, 5.41) is 0. The Morgan fingerprint density at radius 2 is 1.37 bits per heavy atom. The lowest BCUT2D eigenvalue weighted by Gasteiger charge is -2.27. The van der Waals surface area contributed by atoms with Crippen LogP contribution in [0.5, 0.6) is 5.75 Å². The molecule has 190 valence electrons. The molecular weight excluding hydrogens is 460 g/mol. The summed E-state index contributed by atoms with van der Waals surface area (Å²) in [6.45, 7) is 9.07. The zero-order chi connectivity index (χ0) is 25.8. The largest absolute Gasteiger partial charge is 0.467 e. The predicted octanol–water partition coefficient (Wildman–Crippen LogP) is 3.45. The Kier molecular flexibility index (Phi) is 11.0. The average molecular weight is 491 g/mol. The Bertz CT molecular complexity index is 926. The predicted molar refractivity (Wildman–Crippen MR) is 122 cm³/mol. The van der Waals surface area contributed by atoms with Crippen molar-refractivity contribution in [3.63, 3.8) is 0 Å². The Labute approximate surface area is 203 Å². The van der Waals surface area contributed by atoms with Gasteiger partial charge in [-0.2, -0.15) is 0 Å². The highest BCUT2D eigenvalue weighted by atomic mass is 16.7. The van der Waals surface area contributed by atoms with Gasteiger partial charge in [0.1, 0.15) is 11.9 Å². The maximum Gasteiger partial charge on any atom is 0.338 e. The van der Waals surface area contributed by atoms with Gasteiger partial charge >= 0.3 is 23.9 Å². The second kappa shape index (κ2) is 13.9. The fourth-order valence-corrected chi connectivity index (χ4v) is 3.07. The summed E-state index contributed by atoms with van der Waals surface area (Å²) in [4.78, 5) is 47.1. The van der Waals surface area contributed by atoms with Gasteiger partial charge in [0.15, 0.2) is 13.6 Å². The average Bonchev–Trinajstić information content (AvgIpc) is 2.84. The molecule has 0 atom stereocenters. The molecule has 35 heavy (non-hydrogen) atoms. The molecular formula is C25H30O10. The molecule has 1 aliphatic rings. The highest BCUT2D eigenvalue weighted by molar-refractivity contribution is 5.89. The van der Waals surface area contributed by atoms with Crippen molar-refractivity contribution in [2.24, 2.45) is 5.92 Å². The van der Waals surface area contributed by atoms with Gasteiger partial charge < -0.3 is 28.4 Å². The zero-order valence-corrected chi connectivity index (χ0v) is 19.9. The summed E-state index contributed by atoms with van der Waals surface area (Å²) in [6, 6.07) is 6.31. The Morgan fingerprint density at radius 1 is 0.800 bits per heavy atom. The smallest absolute Gasteiger partial charge is 0.338 e. The van der Waals surface area contributed by atoms with Crippen LogP contribution in [-0.2, 0) is 38.1 Å². The fourth-order valence-electron chi connectivity index (χ4n) is 3.07. The normalized spacial score (nSPS) is 17.0. The summed E-state index contributed by atoms with van der Waals surface area (Å²) in [5.41, 5.74) is 0.847. The lowest BCUT2D eigenvalue weighted by atomic mass is 9.87. The lowest BCUT2D eigenvalue weighted by Crippen LogP contribution is -2.29. The summed E-state index contributed by atoms with van der Waals surface area (Å²) in [6.07, 6.45) is 1.73. The summed E-state index contributed by atoms with van der Waals surface area (Å²) in [5.74, 6) is -1.97. The summed E-state index contributed by atoms with van der Waals surface area (Å²) < 4.78 is 30.5. The SMILES string of the molecule is C=C(C)C(=O)OCOCOc1ccc(C(=O)OC2CCC(C(=O)OCOC(=O)C(=C)C)CC2)cc1. The minimum atomic E-state index is -0.622. The first-order chi connectivity index (χ1) is 16.7. The van der Waals surface area contributed by atoms with E-state index in [1.54, 1.807) is 24.3 Å². The molecule has 0 amide bonds. The first-order valence-corrected chi connectivity index (χ1v) is 11.0. The minimum Gasteiger partial charge on any atom is -0.467 e. The van der Waals surface area contributed by atoms with Crippen molar-refractivity contribution in [3.8, 4) is 5.75 Å². The van der Waals surface area contributed by atoms with Crippen LogP contribution in [0.15, 0.2) is 48.6 Å². The van der Waals surface area contributed by atoms with Crippen LogP contribution in [0, 0.1) is 5.92 Å². The van der Waals surface area contributed by atoms with Crippen molar-refractivity contribution in [2.45, 2.75) is 45.6 Å². The molecule has 0 bridgehead atoms. The number of rotatable bonds is 12. The molecule has 0 N–H and O–H groups in total. The maximum atomic E-state index is 12.4. The van der Waals surface area contributed by atoms with Crippen molar-refractivity contribution in [1.82, 2.24) is 0 Å². The lowest BCUT2D eigenvalue weighted by molar-refractivity contribution is -0.169. The molecule has 10 nitrogen and oxygen atoms in total. The van der Waals surface area contributed by atoms with E-state index in [1.807, 2.05) is 0 Å². The van der Waals surface area contributed by atoms with Gasteiger partial charge in [-0.25, -0.2) is 14.4 Å². The van der Waals surface area contributed by atoms with Crippen LogP contribution in [0.2, 0.25) is 0 Å². The molecule has 0 unspecified atom stereocenters. The van der Waals surface area contributed by atoms with Crippen LogP contribution < -0.4 is 4.74 Å². The molecule has 0 saturated heterocycles. The first kappa shape index (κ1) is 27.6. The Morgan fingerprint density at radius 3 is 1.94 bits per heavy atom. The van der Waals surface area contributed by atoms with E-state index in [2.05, 4.69) is 13.2 Å². The summed E-state index contributed by atoms with van der Waals surface area (Å²) in [7, 11) is 0. The third kappa shape index (κ3) is 9.62. The van der Waals surface area contributed by atoms with Gasteiger partial charge in [0.05, 0.1) is 11.5 Å². The third-order valence-electron chi connectivity index (χ3n) is 5.04. The monoisotopic (exact) mass is 490 g/mol. The van der Waals surface area contributed by atoms with Gasteiger partial charge in [-0.3, -0.25) is 4.79 Å². The molecule has 0 radical (unpaired) electrons. The quantitative estimate of drug-likeness (QED) is 0.141. The van der Waals surface area contributed by atoms with Crippen LogP contribution >= 0.6 is 0 Å². The van der Waals surface area contributed by atoms with Gasteiger partial charge in [-0.1, -0.05) is 13.2 Å². The Balaban J connectivity index is 1.66. The molecule has 1 aliphatic carbocycles. The molecule has 1 fully saturated rings. The number of hydrogen-bond donors (Lipinski definition) is 0. The molecule has 1 saturated carbocycles. The van der Waals surface area contributed by atoms with Crippen LogP contribution in [0.4, 0.5) is 0 Å². The van der Waals surface area contributed by atoms with E-state index in [4.69, 9.17) is 28.4 Å². The van der Waals surface area contributed by atoms with E-state index in [-0.39, 0.29) is 36.8 Å². The van der Waals surface area contributed by atoms with Crippen molar-refractivity contribution < 1.29 is 47.6 Å². The van der Waals surface area contributed by atoms with E-state index in [1.165, 1.54) is 13.8 Å². The van der Waals surface area contributed by atoms with Crippen LogP contribution in [0.3, 0.4) is 0 Å². The van der Waals surface area contributed by atoms with Crippen molar-refractivity contribution in [3.05, 3.63) is 54.1 Å². The van der Waals surface area contributed by atoms with Crippen molar-refractivity contribution in [2.75, 3.05) is 20.4 Å². The van der Waals surface area contributed by atoms with Crippen LogP contribution in [-0.4, -0.2) is 50.4 Å². The number of carbonyl (C=O) groups excluding carboxylic acids is 4. The molecule has 0 heterocycles. The topological polar surface area (TPSA) is 124 Å². The van der Waals surface area contributed by atoms with E-state index in [0.717, 1.165) is 0 Å². The zero-order valence-electron chi connectivity index (χ0n) is 19.9. The van der Waals surface area contributed by atoms with E-state index in [0.29, 0.717) is 37.0 Å². The Hall–Kier alpha value is -3.66. The molecule has 10 heteroatoms. The number of carbonyl (C=O) groups is 4. The van der Waals surface area contributed by atoms with E-state index in [9.17, 15) is 19.2 Å². The number of benzene rings is 1. The summed E-state index contributed by atoms with van der Waals surface area (Å²) >= 11 is 0. The molecule has 0 aliphatic heterocycles. The highest BCUT2D eigenvalue weighted by Crippen LogP contribution is 2.28. The first-order valence-electron chi connectivity index (χ1n) is 11.0. The second-order valence-corrected chi connectivity index (χ2v) is 7.99. The minimum absolute atomic E-state index is 0.144. The number of ether oxygens (including phenoxy) is 6. The third-order valence-corrected chi connectivity index (χ3v) is 5.04. The van der Waals surface area contributed by atoms with Crippen LogP contribution in [0.1, 0.15) is 49.9 Å². The van der Waals surface area contributed by atoms with E-state index < -0.39 is 30.7 Å². The van der Waals surface area contributed by atoms with Crippen molar-refractivity contribution >= 4 is 23.9 Å². The number of hydrogen-bond acceptors (Lipinski definition) is 10. The maximum absolute atomic E-state index is 12.4. The number of esters is 4. The van der Waals surface area contributed by atoms with Gasteiger partial charge in [0.25, 0.3) is 0 Å². The van der Waals surface area contributed by atoms with Crippen molar-refractivity contribution in [1.29, 1.82) is 0 Å². The molecule has 2 rings (SSSR count). The van der Waals surface area contributed by atoms with Crippen LogP contribution in [0.25, 0.3) is 0 Å².